The van der Waals surface area contributed by atoms with Crippen LogP contribution >= 0.6 is 0 Å². The smallest absolute Gasteiger partial charge is 0.146 e. The zero-order valence-electron chi connectivity index (χ0n) is 12.6. The van der Waals surface area contributed by atoms with Gasteiger partial charge in [0.05, 0.1) is 17.1 Å². The summed E-state index contributed by atoms with van der Waals surface area (Å²) in [6.07, 6.45) is 6.96. The van der Waals surface area contributed by atoms with E-state index in [1.807, 2.05) is 29.0 Å². The number of hydrogen-bond donors (Lipinski definition) is 2. The second kappa shape index (κ2) is 5.34. The van der Waals surface area contributed by atoms with Crippen LogP contribution in [0.1, 0.15) is 0 Å². The Labute approximate surface area is 137 Å². The van der Waals surface area contributed by atoms with E-state index in [2.05, 4.69) is 9.97 Å². The van der Waals surface area contributed by atoms with Gasteiger partial charge in [0, 0.05) is 35.9 Å². The van der Waals surface area contributed by atoms with E-state index in [0.717, 1.165) is 17.1 Å². The summed E-state index contributed by atoms with van der Waals surface area (Å²) in [4.78, 5) is 8.43. The maximum atomic E-state index is 13.9. The van der Waals surface area contributed by atoms with Crippen molar-refractivity contribution in [3.8, 4) is 28.2 Å². The van der Waals surface area contributed by atoms with Gasteiger partial charge in [-0.25, -0.2) is 9.37 Å². The molecule has 2 aromatic rings. The molecule has 3 heterocycles. The number of benzene rings is 1. The number of nitrogens with two attached hydrogens (primary N) is 2. The average molecular weight is 319 g/mol. The SMILES string of the molecule is Nc1ccc(-c2cn(-c3ccncc3)c3nccc-3c2N)cc1F. The van der Waals surface area contributed by atoms with E-state index in [4.69, 9.17) is 11.5 Å². The van der Waals surface area contributed by atoms with Crippen LogP contribution in [0.25, 0.3) is 28.2 Å². The van der Waals surface area contributed by atoms with Crippen molar-refractivity contribution in [1.82, 2.24) is 14.5 Å². The molecule has 2 aliphatic heterocycles. The Morgan fingerprint density at radius 1 is 0.917 bits per heavy atom. The predicted octanol–water partition coefficient (Wildman–Crippen LogP) is 3.34. The third kappa shape index (κ3) is 2.16. The summed E-state index contributed by atoms with van der Waals surface area (Å²) in [6.45, 7) is 0. The van der Waals surface area contributed by atoms with Gasteiger partial charge in [-0.2, -0.15) is 0 Å². The fourth-order valence-electron chi connectivity index (χ4n) is 2.76. The molecular formula is C18H14FN5. The van der Waals surface area contributed by atoms with E-state index in [1.165, 1.54) is 12.1 Å². The molecule has 24 heavy (non-hydrogen) atoms. The van der Waals surface area contributed by atoms with Crippen molar-refractivity contribution in [2.45, 2.75) is 0 Å². The first-order valence-electron chi connectivity index (χ1n) is 7.36. The van der Waals surface area contributed by atoms with Gasteiger partial charge in [0.1, 0.15) is 11.6 Å². The molecule has 0 spiro atoms. The Balaban J connectivity index is 2.01. The Morgan fingerprint density at radius 3 is 2.46 bits per heavy atom. The van der Waals surface area contributed by atoms with Gasteiger partial charge in [0.2, 0.25) is 0 Å². The molecule has 4 N–H and O–H groups in total. The molecule has 118 valence electrons. The highest BCUT2D eigenvalue weighted by atomic mass is 19.1. The summed E-state index contributed by atoms with van der Waals surface area (Å²) < 4.78 is 15.8. The van der Waals surface area contributed by atoms with E-state index < -0.39 is 5.82 Å². The summed E-state index contributed by atoms with van der Waals surface area (Å²) in [7, 11) is 0. The van der Waals surface area contributed by atoms with Gasteiger partial charge >= 0.3 is 0 Å². The van der Waals surface area contributed by atoms with Crippen LogP contribution in [0.5, 0.6) is 0 Å². The van der Waals surface area contributed by atoms with Gasteiger partial charge in [-0.1, -0.05) is 6.07 Å². The first-order chi connectivity index (χ1) is 11.6. The van der Waals surface area contributed by atoms with Crippen LogP contribution in [0.2, 0.25) is 0 Å². The fraction of sp³-hybridized carbons (Fsp3) is 0. The average Bonchev–Trinajstić information content (AvgIpc) is 3.09. The minimum absolute atomic E-state index is 0.107. The number of pyridine rings is 2. The molecule has 0 unspecified atom stereocenters. The molecule has 1 aromatic carbocycles. The molecule has 1 aromatic heterocycles. The minimum atomic E-state index is -0.469. The monoisotopic (exact) mass is 319 g/mol. The number of nitrogens with zero attached hydrogens (tertiary/aromatic N) is 3. The number of rotatable bonds is 2. The van der Waals surface area contributed by atoms with Crippen LogP contribution in [-0.2, 0) is 0 Å². The van der Waals surface area contributed by atoms with Crippen molar-refractivity contribution in [3.63, 3.8) is 0 Å². The predicted molar refractivity (Wildman–Crippen MR) is 92.2 cm³/mol. The Hall–Kier alpha value is -3.41. The molecule has 0 saturated carbocycles. The quantitative estimate of drug-likeness (QED) is 0.555. The van der Waals surface area contributed by atoms with Crippen LogP contribution in [-0.4, -0.2) is 14.5 Å². The molecular weight excluding hydrogens is 305 g/mol. The maximum absolute atomic E-state index is 13.9. The number of hydrogen-bond acceptors (Lipinski definition) is 4. The van der Waals surface area contributed by atoms with Gasteiger partial charge in [-0.15, -0.1) is 0 Å². The van der Waals surface area contributed by atoms with Crippen molar-refractivity contribution >= 4 is 11.4 Å². The zero-order chi connectivity index (χ0) is 16.7. The lowest BCUT2D eigenvalue weighted by Gasteiger charge is -2.18. The Bertz CT molecular complexity index is 994. The minimum Gasteiger partial charge on any atom is -0.398 e. The van der Waals surface area contributed by atoms with Crippen LogP contribution < -0.4 is 11.5 Å². The molecule has 0 radical (unpaired) electrons. The molecule has 0 aliphatic carbocycles. The molecule has 0 amide bonds. The lowest BCUT2D eigenvalue weighted by atomic mass is 10.0. The number of nitrogen functional groups attached to an aromatic ring is 2. The maximum Gasteiger partial charge on any atom is 0.146 e. The second-order valence-corrected chi connectivity index (χ2v) is 5.45. The highest BCUT2D eigenvalue weighted by Gasteiger charge is 2.18. The van der Waals surface area contributed by atoms with E-state index in [9.17, 15) is 4.39 Å². The molecule has 6 heteroatoms. The summed E-state index contributed by atoms with van der Waals surface area (Å²) >= 11 is 0. The first kappa shape index (κ1) is 14.2. The summed E-state index contributed by atoms with van der Waals surface area (Å²) in [6, 6.07) is 10.3. The third-order valence-corrected chi connectivity index (χ3v) is 4.00. The van der Waals surface area contributed by atoms with Crippen LogP contribution in [0.4, 0.5) is 15.8 Å². The normalized spacial score (nSPS) is 11.0. The largest absolute Gasteiger partial charge is 0.398 e. The lowest BCUT2D eigenvalue weighted by Crippen LogP contribution is -2.06. The molecule has 4 rings (SSSR count). The van der Waals surface area contributed by atoms with E-state index >= 15 is 0 Å². The highest BCUT2D eigenvalue weighted by Crippen LogP contribution is 2.37. The van der Waals surface area contributed by atoms with Gasteiger partial charge in [-0.3, -0.25) is 4.98 Å². The van der Waals surface area contributed by atoms with Crippen LogP contribution in [0.3, 0.4) is 0 Å². The second-order valence-electron chi connectivity index (χ2n) is 5.45. The highest BCUT2D eigenvalue weighted by molar-refractivity contribution is 5.88. The third-order valence-electron chi connectivity index (χ3n) is 4.00. The molecule has 0 bridgehead atoms. The summed E-state index contributed by atoms with van der Waals surface area (Å²) in [5.74, 6) is 0.265. The Kier molecular flexibility index (Phi) is 3.16. The lowest BCUT2D eigenvalue weighted by molar-refractivity contribution is 0.633. The topological polar surface area (TPSA) is 82.8 Å². The van der Waals surface area contributed by atoms with Gasteiger partial charge in [0.25, 0.3) is 0 Å². The van der Waals surface area contributed by atoms with Crippen molar-refractivity contribution < 1.29 is 4.39 Å². The van der Waals surface area contributed by atoms with Crippen LogP contribution in [0, 0.1) is 5.82 Å². The van der Waals surface area contributed by atoms with Crippen molar-refractivity contribution in [1.29, 1.82) is 0 Å². The van der Waals surface area contributed by atoms with E-state index in [1.54, 1.807) is 24.7 Å². The van der Waals surface area contributed by atoms with Crippen molar-refractivity contribution in [2.75, 3.05) is 11.5 Å². The molecule has 0 atom stereocenters. The molecule has 0 fully saturated rings. The Morgan fingerprint density at radius 2 is 1.71 bits per heavy atom. The fourth-order valence-corrected chi connectivity index (χ4v) is 2.76. The van der Waals surface area contributed by atoms with Crippen molar-refractivity contribution in [2.24, 2.45) is 0 Å². The van der Waals surface area contributed by atoms with Gasteiger partial charge in [-0.05, 0) is 35.9 Å². The van der Waals surface area contributed by atoms with E-state index in [-0.39, 0.29) is 5.69 Å². The van der Waals surface area contributed by atoms with E-state index in [0.29, 0.717) is 16.8 Å². The van der Waals surface area contributed by atoms with Gasteiger partial charge in [0.15, 0.2) is 0 Å². The molecule has 5 nitrogen and oxygen atoms in total. The molecule has 0 saturated heterocycles. The number of fused-ring (bicyclic) bond motifs is 1. The zero-order valence-corrected chi connectivity index (χ0v) is 12.6. The number of halogens is 1. The number of aromatic nitrogens is 3. The van der Waals surface area contributed by atoms with Crippen molar-refractivity contribution in [3.05, 3.63) is 67.0 Å². The number of anilines is 2. The first-order valence-corrected chi connectivity index (χ1v) is 7.36. The standard InChI is InChI=1S/C18H14FN5/c19-15-9-11(1-2-16(15)20)14-10-24(12-3-6-22-7-4-12)18-13(17(14)21)5-8-23-18/h1-10H,20-21H2. The summed E-state index contributed by atoms with van der Waals surface area (Å²) in [5.41, 5.74) is 15.6. The van der Waals surface area contributed by atoms with Gasteiger partial charge < -0.3 is 16.0 Å². The van der Waals surface area contributed by atoms with Crippen LogP contribution in [0.15, 0.2) is 61.2 Å². The summed E-state index contributed by atoms with van der Waals surface area (Å²) in [5, 5.41) is 0. The molecule has 2 aliphatic rings.